The quantitative estimate of drug-likeness (QED) is 0.630. The molecule has 6 nitrogen and oxygen atoms in total. The third-order valence-electron chi connectivity index (χ3n) is 4.46. The number of hydrogen-bond acceptors (Lipinski definition) is 6. The van der Waals surface area contributed by atoms with E-state index in [0.717, 1.165) is 0 Å². The maximum atomic E-state index is 14.5. The van der Waals surface area contributed by atoms with Gasteiger partial charge in [0.05, 0.1) is 6.04 Å². The van der Waals surface area contributed by atoms with Crippen LogP contribution in [0.15, 0.2) is 53.7 Å². The molecule has 2 heterocycles. The van der Waals surface area contributed by atoms with Crippen LogP contribution in [0.5, 0.6) is 5.75 Å². The zero-order valence-electron chi connectivity index (χ0n) is 15.1. The van der Waals surface area contributed by atoms with Gasteiger partial charge in [0.2, 0.25) is 5.16 Å². The van der Waals surface area contributed by atoms with Gasteiger partial charge in [-0.05, 0) is 37.3 Å². The summed E-state index contributed by atoms with van der Waals surface area (Å²) < 4.78 is 45.1. The molecule has 2 atom stereocenters. The number of nitrogens with one attached hydrogen (secondary N) is 1. The summed E-state index contributed by atoms with van der Waals surface area (Å²) >= 11 is 1.17. The molecule has 0 radical (unpaired) electrons. The number of ether oxygens (including phenoxy) is 1. The van der Waals surface area contributed by atoms with Crippen LogP contribution in [-0.4, -0.2) is 32.5 Å². The van der Waals surface area contributed by atoms with Gasteiger partial charge >= 0.3 is 6.61 Å². The summed E-state index contributed by atoms with van der Waals surface area (Å²) in [7, 11) is 0. The van der Waals surface area contributed by atoms with Crippen molar-refractivity contribution in [2.75, 3.05) is 5.43 Å². The maximum Gasteiger partial charge on any atom is 0.387 e. The van der Waals surface area contributed by atoms with Crippen molar-refractivity contribution >= 4 is 17.5 Å². The van der Waals surface area contributed by atoms with E-state index in [1.54, 1.807) is 29.8 Å². The average molecular weight is 420 g/mol. The van der Waals surface area contributed by atoms with Gasteiger partial charge in [0.25, 0.3) is 0 Å². The number of nitrogens with zero attached hydrogens (tertiary/aromatic N) is 3. The molecule has 0 unspecified atom stereocenters. The first-order valence-electron chi connectivity index (χ1n) is 8.63. The molecule has 0 aliphatic carbocycles. The molecule has 1 aromatic heterocycles. The van der Waals surface area contributed by atoms with Crippen molar-refractivity contribution in [3.63, 3.8) is 0 Å². The highest BCUT2D eigenvalue weighted by Crippen LogP contribution is 2.39. The Balaban J connectivity index is 1.69. The van der Waals surface area contributed by atoms with Gasteiger partial charge in [-0.15, -0.1) is 10.2 Å². The Morgan fingerprint density at radius 3 is 2.59 bits per heavy atom. The second-order valence-corrected chi connectivity index (χ2v) is 7.41. The SMILES string of the molecule is Cc1nnc2n1N[C@@H](c1ccccc1F)[C@H](C(=O)c1ccc(OC(F)F)cc1)S2. The Bertz CT molecular complexity index is 1040. The number of alkyl halides is 2. The molecule has 29 heavy (non-hydrogen) atoms. The number of aromatic nitrogens is 3. The fourth-order valence-electron chi connectivity index (χ4n) is 3.09. The van der Waals surface area contributed by atoms with Gasteiger partial charge in [0, 0.05) is 11.1 Å². The minimum atomic E-state index is -2.95. The Labute approximate surface area is 168 Å². The van der Waals surface area contributed by atoms with E-state index in [2.05, 4.69) is 20.4 Å². The molecule has 10 heteroatoms. The van der Waals surface area contributed by atoms with Gasteiger partial charge in [0.15, 0.2) is 5.78 Å². The topological polar surface area (TPSA) is 69.0 Å². The first-order valence-corrected chi connectivity index (χ1v) is 9.50. The standard InChI is InChI=1S/C19H15F3N4O2S/c1-10-23-24-19-26(10)25-15(13-4-2-3-5-14(13)20)17(29-19)16(27)11-6-8-12(9-7-11)28-18(21)22/h2-9,15,17-18,25H,1H3/t15-,17+/m0/s1. The summed E-state index contributed by atoms with van der Waals surface area (Å²) in [4.78, 5) is 13.2. The maximum absolute atomic E-state index is 14.5. The second-order valence-electron chi connectivity index (χ2n) is 6.30. The zero-order valence-corrected chi connectivity index (χ0v) is 15.9. The first kappa shape index (κ1) is 19.3. The highest BCUT2D eigenvalue weighted by molar-refractivity contribution is 8.00. The molecule has 1 N–H and O–H groups in total. The Hall–Kier alpha value is -3.01. The number of ketones is 1. The van der Waals surface area contributed by atoms with Crippen LogP contribution in [0.4, 0.5) is 13.2 Å². The van der Waals surface area contributed by atoms with Crippen molar-refractivity contribution < 1.29 is 22.7 Å². The second kappa shape index (κ2) is 7.78. The number of carbonyl (C=O) groups excluding carboxylic acids is 1. The van der Waals surface area contributed by atoms with Crippen LogP contribution in [0.1, 0.15) is 27.8 Å². The number of rotatable bonds is 5. The van der Waals surface area contributed by atoms with E-state index in [4.69, 9.17) is 0 Å². The van der Waals surface area contributed by atoms with Crippen LogP contribution in [0.2, 0.25) is 0 Å². The molecule has 150 valence electrons. The third kappa shape index (κ3) is 3.80. The highest BCUT2D eigenvalue weighted by atomic mass is 32.2. The minimum absolute atomic E-state index is 0.0491. The minimum Gasteiger partial charge on any atom is -0.435 e. The lowest BCUT2D eigenvalue weighted by Gasteiger charge is -2.33. The lowest BCUT2D eigenvalue weighted by Crippen LogP contribution is -2.39. The lowest BCUT2D eigenvalue weighted by atomic mass is 9.97. The number of hydrogen-bond donors (Lipinski definition) is 1. The number of Topliss-reactive ketones (excluding diaryl/α,β-unsaturated/α-hetero) is 1. The zero-order chi connectivity index (χ0) is 20.5. The Morgan fingerprint density at radius 1 is 1.17 bits per heavy atom. The molecule has 0 saturated heterocycles. The van der Waals surface area contributed by atoms with E-state index in [0.29, 0.717) is 16.5 Å². The fourth-order valence-corrected chi connectivity index (χ4v) is 4.28. The van der Waals surface area contributed by atoms with E-state index in [9.17, 15) is 18.0 Å². The van der Waals surface area contributed by atoms with Gasteiger partial charge in [-0.1, -0.05) is 30.0 Å². The largest absolute Gasteiger partial charge is 0.435 e. The predicted octanol–water partition coefficient (Wildman–Crippen LogP) is 3.97. The third-order valence-corrected chi connectivity index (χ3v) is 5.68. The number of halogens is 3. The van der Waals surface area contributed by atoms with Gasteiger partial charge in [-0.25, -0.2) is 9.07 Å². The van der Waals surface area contributed by atoms with E-state index >= 15 is 0 Å². The molecular weight excluding hydrogens is 405 g/mol. The summed E-state index contributed by atoms with van der Waals surface area (Å²) in [6, 6.07) is 10.9. The molecule has 0 amide bonds. The monoisotopic (exact) mass is 420 g/mol. The molecule has 4 rings (SSSR count). The van der Waals surface area contributed by atoms with E-state index in [1.165, 1.54) is 42.1 Å². The van der Waals surface area contributed by atoms with Crippen molar-refractivity contribution in [3.05, 3.63) is 71.3 Å². The molecule has 0 fully saturated rings. The van der Waals surface area contributed by atoms with Crippen LogP contribution in [0.3, 0.4) is 0 Å². The molecule has 0 spiro atoms. The molecular formula is C19H15F3N4O2S. The summed E-state index contributed by atoms with van der Waals surface area (Å²) in [6.45, 7) is -1.21. The van der Waals surface area contributed by atoms with Gasteiger partial charge in [-0.3, -0.25) is 4.79 Å². The van der Waals surface area contributed by atoms with Crippen molar-refractivity contribution in [1.82, 2.24) is 14.9 Å². The Morgan fingerprint density at radius 2 is 1.90 bits per heavy atom. The van der Waals surface area contributed by atoms with Crippen molar-refractivity contribution in [2.45, 2.75) is 30.0 Å². The van der Waals surface area contributed by atoms with Gasteiger partial charge in [-0.2, -0.15) is 8.78 Å². The molecule has 0 saturated carbocycles. The first-order chi connectivity index (χ1) is 13.9. The molecule has 1 aliphatic rings. The summed E-state index contributed by atoms with van der Waals surface area (Å²) in [5, 5.41) is 7.77. The van der Waals surface area contributed by atoms with Crippen LogP contribution in [0.25, 0.3) is 0 Å². The number of carbonyl (C=O) groups is 1. The van der Waals surface area contributed by atoms with E-state index in [-0.39, 0.29) is 17.1 Å². The smallest absolute Gasteiger partial charge is 0.387 e. The molecule has 2 aromatic carbocycles. The van der Waals surface area contributed by atoms with Crippen molar-refractivity contribution in [3.8, 4) is 5.75 Å². The molecule has 1 aliphatic heterocycles. The average Bonchev–Trinajstić information content (AvgIpc) is 3.07. The normalized spacial score (nSPS) is 18.2. The van der Waals surface area contributed by atoms with E-state index < -0.39 is 23.7 Å². The van der Waals surface area contributed by atoms with Crippen LogP contribution < -0.4 is 10.2 Å². The predicted molar refractivity (Wildman–Crippen MR) is 100 cm³/mol. The number of benzene rings is 2. The van der Waals surface area contributed by atoms with Crippen molar-refractivity contribution in [2.24, 2.45) is 0 Å². The van der Waals surface area contributed by atoms with Crippen LogP contribution >= 0.6 is 11.8 Å². The summed E-state index contributed by atoms with van der Waals surface area (Å²) in [5.41, 5.74) is 3.74. The molecule has 3 aromatic rings. The number of thioether (sulfide) groups is 1. The van der Waals surface area contributed by atoms with E-state index in [1.807, 2.05) is 0 Å². The van der Waals surface area contributed by atoms with Gasteiger partial charge in [0.1, 0.15) is 22.6 Å². The number of aryl methyl sites for hydroxylation is 1. The van der Waals surface area contributed by atoms with Crippen LogP contribution in [0, 0.1) is 12.7 Å². The van der Waals surface area contributed by atoms with Crippen molar-refractivity contribution in [1.29, 1.82) is 0 Å². The summed E-state index contributed by atoms with van der Waals surface area (Å²) in [5.74, 6) is -0.218. The Kier molecular flexibility index (Phi) is 5.18. The fraction of sp³-hybridized carbons (Fsp3) is 0.211. The lowest BCUT2D eigenvalue weighted by molar-refractivity contribution is -0.0498. The number of fused-ring (bicyclic) bond motifs is 1. The van der Waals surface area contributed by atoms with Gasteiger partial charge < -0.3 is 10.2 Å². The summed E-state index contributed by atoms with van der Waals surface area (Å²) in [6.07, 6.45) is 0. The molecule has 0 bridgehead atoms. The van der Waals surface area contributed by atoms with Crippen LogP contribution in [-0.2, 0) is 0 Å². The highest BCUT2D eigenvalue weighted by Gasteiger charge is 2.38.